The summed E-state index contributed by atoms with van der Waals surface area (Å²) in [6.45, 7) is 11.7. The third-order valence-corrected chi connectivity index (χ3v) is 6.96. The number of thiophene rings is 1. The van der Waals surface area contributed by atoms with E-state index in [4.69, 9.17) is 4.99 Å². The maximum atomic E-state index is 4.74. The van der Waals surface area contributed by atoms with Crippen LogP contribution in [0.1, 0.15) is 25.6 Å². The highest BCUT2D eigenvalue weighted by Gasteiger charge is 2.32. The van der Waals surface area contributed by atoms with E-state index in [2.05, 4.69) is 46.6 Å². The number of piperazine rings is 1. The van der Waals surface area contributed by atoms with E-state index in [0.717, 1.165) is 49.8 Å². The van der Waals surface area contributed by atoms with Gasteiger partial charge in [0.05, 0.1) is 11.9 Å². The highest BCUT2D eigenvalue weighted by atomic mass is 35.5. The maximum absolute atomic E-state index is 4.74. The Labute approximate surface area is 163 Å². The minimum atomic E-state index is 0. The van der Waals surface area contributed by atoms with Crippen molar-refractivity contribution in [3.05, 3.63) is 17.3 Å². The van der Waals surface area contributed by atoms with Crippen LogP contribution in [-0.2, 0) is 6.42 Å². The summed E-state index contributed by atoms with van der Waals surface area (Å²) in [6, 6.07) is 2.27. The summed E-state index contributed by atoms with van der Waals surface area (Å²) in [5.74, 6) is 1.09. The average molecular weight is 398 g/mol. The zero-order valence-corrected chi connectivity index (χ0v) is 17.3. The Bertz CT molecular complexity index is 780. The van der Waals surface area contributed by atoms with E-state index in [1.54, 1.807) is 17.7 Å². The van der Waals surface area contributed by atoms with Crippen LogP contribution in [0.4, 0.5) is 5.82 Å². The number of fused-ring (bicyclic) bond motifs is 1. The van der Waals surface area contributed by atoms with Gasteiger partial charge in [0.2, 0.25) is 0 Å². The average Bonchev–Trinajstić information content (AvgIpc) is 3.17. The molecule has 0 bridgehead atoms. The number of nitrogens with zero attached hydrogens (tertiary/aromatic N) is 5. The van der Waals surface area contributed by atoms with Crippen LogP contribution in [0, 0.1) is 0 Å². The molecule has 5 nitrogen and oxygen atoms in total. The van der Waals surface area contributed by atoms with Crippen molar-refractivity contribution < 1.29 is 0 Å². The highest BCUT2D eigenvalue weighted by Crippen LogP contribution is 2.34. The topological polar surface area (TPSA) is 44.6 Å². The number of amidine groups is 1. The Morgan fingerprint density at radius 2 is 1.84 bits per heavy atom. The van der Waals surface area contributed by atoms with Gasteiger partial charge in [0, 0.05) is 35.8 Å². The molecule has 8 heteroatoms. The zero-order chi connectivity index (χ0) is 16.7. The smallest absolute Gasteiger partial charge is 0.159 e. The summed E-state index contributed by atoms with van der Waals surface area (Å²) in [4.78, 5) is 21.1. The second kappa shape index (κ2) is 7.29. The van der Waals surface area contributed by atoms with Crippen molar-refractivity contribution in [3.8, 4) is 0 Å². The summed E-state index contributed by atoms with van der Waals surface area (Å²) in [7, 11) is 0. The summed E-state index contributed by atoms with van der Waals surface area (Å²) in [5, 5.41) is 2.43. The fourth-order valence-corrected chi connectivity index (χ4v) is 5.16. The largest absolute Gasteiger partial charge is 0.352 e. The Hall–Kier alpha value is -1.05. The van der Waals surface area contributed by atoms with Crippen LogP contribution in [0.3, 0.4) is 0 Å². The number of hydrogen-bond acceptors (Lipinski definition) is 7. The van der Waals surface area contributed by atoms with Gasteiger partial charge in [-0.15, -0.1) is 23.7 Å². The molecule has 2 aliphatic rings. The van der Waals surface area contributed by atoms with Gasteiger partial charge >= 0.3 is 0 Å². The summed E-state index contributed by atoms with van der Waals surface area (Å²) >= 11 is 3.70. The van der Waals surface area contributed by atoms with E-state index in [-0.39, 0.29) is 17.2 Å². The third kappa shape index (κ3) is 3.73. The Morgan fingerprint density at radius 1 is 1.12 bits per heavy atom. The van der Waals surface area contributed by atoms with Crippen LogP contribution in [0.2, 0.25) is 0 Å². The summed E-state index contributed by atoms with van der Waals surface area (Å²) in [5.41, 5.74) is 0. The molecule has 0 aliphatic carbocycles. The molecule has 2 aromatic heterocycles. The van der Waals surface area contributed by atoms with Gasteiger partial charge in [-0.1, -0.05) is 18.7 Å². The first-order valence-corrected chi connectivity index (χ1v) is 10.2. The number of anilines is 1. The molecule has 2 aromatic rings. The van der Waals surface area contributed by atoms with Crippen molar-refractivity contribution in [2.75, 3.05) is 37.6 Å². The normalized spacial score (nSPS) is 19.9. The molecule has 0 spiro atoms. The van der Waals surface area contributed by atoms with Gasteiger partial charge < -0.3 is 9.80 Å². The van der Waals surface area contributed by atoms with Crippen LogP contribution in [0.15, 0.2) is 17.4 Å². The molecular formula is C17H24ClN5S2. The SMILES string of the molecule is CCc1cc2c(N3CCN(C4=NCC(C)(C)S4)CC3)ncnc2s1.Cl. The number of aryl methyl sites for hydroxylation is 1. The Morgan fingerprint density at radius 3 is 2.48 bits per heavy atom. The molecule has 1 saturated heterocycles. The molecule has 2 aliphatic heterocycles. The predicted molar refractivity (Wildman–Crippen MR) is 112 cm³/mol. The lowest BCUT2D eigenvalue weighted by Crippen LogP contribution is -2.48. The standard InChI is InChI=1S/C17H23N5S2.ClH/c1-4-12-9-13-14(19-11-20-15(13)23-12)21-5-7-22(8-6-21)16-18-10-17(2,3)24-16;/h9,11H,4-8,10H2,1-3H3;1H. The first-order chi connectivity index (χ1) is 11.6. The highest BCUT2D eigenvalue weighted by molar-refractivity contribution is 8.15. The van der Waals surface area contributed by atoms with Crippen molar-refractivity contribution in [2.45, 2.75) is 31.9 Å². The fraction of sp³-hybridized carbons (Fsp3) is 0.588. The van der Waals surface area contributed by atoms with Crippen LogP contribution in [-0.4, -0.2) is 57.5 Å². The molecule has 4 rings (SSSR count). The minimum absolute atomic E-state index is 0. The van der Waals surface area contributed by atoms with E-state index in [1.165, 1.54) is 15.4 Å². The van der Waals surface area contributed by atoms with E-state index in [0.29, 0.717) is 0 Å². The maximum Gasteiger partial charge on any atom is 0.159 e. The van der Waals surface area contributed by atoms with Gasteiger partial charge in [-0.2, -0.15) is 0 Å². The van der Waals surface area contributed by atoms with Crippen molar-refractivity contribution in [2.24, 2.45) is 4.99 Å². The van der Waals surface area contributed by atoms with E-state index in [9.17, 15) is 0 Å². The van der Waals surface area contributed by atoms with Gasteiger partial charge in [-0.25, -0.2) is 9.97 Å². The van der Waals surface area contributed by atoms with Gasteiger partial charge in [0.15, 0.2) is 5.17 Å². The quantitative estimate of drug-likeness (QED) is 0.773. The van der Waals surface area contributed by atoms with Crippen LogP contribution in [0.25, 0.3) is 10.2 Å². The number of halogens is 1. The third-order valence-electron chi connectivity index (χ3n) is 4.52. The number of aliphatic imine (C=N–C) groups is 1. The monoisotopic (exact) mass is 397 g/mol. The van der Waals surface area contributed by atoms with E-state index in [1.807, 2.05) is 11.8 Å². The lowest BCUT2D eigenvalue weighted by molar-refractivity contribution is 0.391. The number of rotatable bonds is 2. The molecular weight excluding hydrogens is 374 g/mol. The van der Waals surface area contributed by atoms with Gasteiger partial charge in [0.25, 0.3) is 0 Å². The molecule has 25 heavy (non-hydrogen) atoms. The molecule has 0 aromatic carbocycles. The summed E-state index contributed by atoms with van der Waals surface area (Å²) < 4.78 is 0.249. The first-order valence-electron chi connectivity index (χ1n) is 8.52. The second-order valence-electron chi connectivity index (χ2n) is 6.92. The van der Waals surface area contributed by atoms with Crippen LogP contribution < -0.4 is 4.90 Å². The van der Waals surface area contributed by atoms with Crippen LogP contribution >= 0.6 is 35.5 Å². The van der Waals surface area contributed by atoms with Crippen molar-refractivity contribution in [3.63, 3.8) is 0 Å². The molecule has 136 valence electrons. The molecule has 0 unspecified atom stereocenters. The molecule has 4 heterocycles. The number of hydrogen-bond donors (Lipinski definition) is 0. The first kappa shape index (κ1) is 18.7. The fourth-order valence-electron chi connectivity index (χ4n) is 3.16. The van der Waals surface area contributed by atoms with Crippen molar-refractivity contribution >= 4 is 56.7 Å². The van der Waals surface area contributed by atoms with Gasteiger partial charge in [-0.3, -0.25) is 4.99 Å². The van der Waals surface area contributed by atoms with Crippen molar-refractivity contribution in [1.29, 1.82) is 0 Å². The van der Waals surface area contributed by atoms with Gasteiger partial charge in [0.1, 0.15) is 17.0 Å². The van der Waals surface area contributed by atoms with Crippen molar-refractivity contribution in [1.82, 2.24) is 14.9 Å². The molecule has 0 saturated carbocycles. The second-order valence-corrected chi connectivity index (χ2v) is 9.71. The molecule has 0 radical (unpaired) electrons. The van der Waals surface area contributed by atoms with Gasteiger partial charge in [-0.05, 0) is 26.3 Å². The molecule has 0 amide bonds. The number of aromatic nitrogens is 2. The molecule has 0 N–H and O–H groups in total. The minimum Gasteiger partial charge on any atom is -0.352 e. The van der Waals surface area contributed by atoms with E-state index >= 15 is 0 Å². The summed E-state index contributed by atoms with van der Waals surface area (Å²) in [6.07, 6.45) is 2.76. The Balaban J connectivity index is 0.00000182. The van der Waals surface area contributed by atoms with E-state index < -0.39 is 0 Å². The molecule has 0 atom stereocenters. The lowest BCUT2D eigenvalue weighted by atomic mass is 10.2. The lowest BCUT2D eigenvalue weighted by Gasteiger charge is -2.36. The predicted octanol–water partition coefficient (Wildman–Crippen LogP) is 3.68. The Kier molecular flexibility index (Phi) is 5.46. The van der Waals surface area contributed by atoms with Crippen LogP contribution in [0.5, 0.6) is 0 Å². The number of thioether (sulfide) groups is 1. The zero-order valence-electron chi connectivity index (χ0n) is 14.9. The molecule has 1 fully saturated rings.